The van der Waals surface area contributed by atoms with Gasteiger partial charge in [0.05, 0.1) is 5.57 Å². The molecule has 10 heavy (non-hydrogen) atoms. The van der Waals surface area contributed by atoms with Crippen molar-refractivity contribution >= 4 is 5.91 Å². The van der Waals surface area contributed by atoms with Crippen LogP contribution in [-0.4, -0.2) is 12.5 Å². The van der Waals surface area contributed by atoms with E-state index in [4.69, 9.17) is 11.0 Å². The maximum Gasteiger partial charge on any atom is 0.286 e. The first-order chi connectivity index (χ1) is 4.72. The lowest BCUT2D eigenvalue weighted by atomic mass is 10.2. The Morgan fingerprint density at radius 1 is 1.90 bits per heavy atom. The maximum absolute atomic E-state index is 10.4. The third-order valence-corrected chi connectivity index (χ3v) is 0.957. The van der Waals surface area contributed by atoms with Gasteiger partial charge in [0.2, 0.25) is 5.91 Å². The van der Waals surface area contributed by atoms with Gasteiger partial charge in [-0.15, -0.1) is 0 Å². The standard InChI is InChI=1S/C6H8N2O2/c1-2-5(6(8)9)3-10-4-7/h2H,3H2,1H3,(H2,8,9). The van der Waals surface area contributed by atoms with Crippen molar-refractivity contribution in [2.24, 2.45) is 5.73 Å². The topological polar surface area (TPSA) is 76.1 Å². The smallest absolute Gasteiger partial charge is 0.286 e. The molecule has 0 saturated carbocycles. The van der Waals surface area contributed by atoms with Gasteiger partial charge in [-0.25, -0.2) is 0 Å². The van der Waals surface area contributed by atoms with Crippen LogP contribution in [0.25, 0.3) is 0 Å². The lowest BCUT2D eigenvalue weighted by Crippen LogP contribution is -2.16. The average molecular weight is 140 g/mol. The van der Waals surface area contributed by atoms with Crippen molar-refractivity contribution < 1.29 is 9.53 Å². The average Bonchev–Trinajstić information content (AvgIpc) is 1.89. The highest BCUT2D eigenvalue weighted by molar-refractivity contribution is 5.92. The SMILES string of the molecule is CC=C(COC#N)C(N)=O. The first-order valence-electron chi connectivity index (χ1n) is 2.68. The van der Waals surface area contributed by atoms with Gasteiger partial charge in [-0.2, -0.15) is 5.26 Å². The molecule has 0 aliphatic heterocycles. The summed E-state index contributed by atoms with van der Waals surface area (Å²) < 4.78 is 4.28. The zero-order chi connectivity index (χ0) is 7.98. The summed E-state index contributed by atoms with van der Waals surface area (Å²) in [5, 5.41) is 7.94. The number of nitrogens with two attached hydrogens (primary N) is 1. The maximum atomic E-state index is 10.4. The van der Waals surface area contributed by atoms with Gasteiger partial charge in [0.15, 0.2) is 0 Å². The summed E-state index contributed by atoms with van der Waals surface area (Å²) in [5.41, 5.74) is 5.20. The van der Waals surface area contributed by atoms with Gasteiger partial charge in [0.1, 0.15) is 6.61 Å². The number of nitriles is 1. The molecule has 0 saturated heterocycles. The summed E-state index contributed by atoms with van der Waals surface area (Å²) in [5.74, 6) is -0.558. The normalized spacial score (nSPS) is 10.2. The molecule has 0 bridgehead atoms. The molecular formula is C6H8N2O2. The number of rotatable bonds is 3. The first-order valence-corrected chi connectivity index (χ1v) is 2.68. The van der Waals surface area contributed by atoms with Crippen molar-refractivity contribution in [3.63, 3.8) is 0 Å². The van der Waals surface area contributed by atoms with Gasteiger partial charge in [-0.05, 0) is 6.92 Å². The number of hydrogen-bond donors (Lipinski definition) is 1. The number of allylic oxidation sites excluding steroid dienone is 1. The Balaban J connectivity index is 3.89. The van der Waals surface area contributed by atoms with Crippen LogP contribution < -0.4 is 5.73 Å². The number of nitrogens with zero attached hydrogens (tertiary/aromatic N) is 1. The summed E-state index contributed by atoms with van der Waals surface area (Å²) in [6, 6.07) is 0. The first kappa shape index (κ1) is 8.50. The van der Waals surface area contributed by atoms with Crippen molar-refractivity contribution in [2.45, 2.75) is 6.92 Å². The summed E-state index contributed by atoms with van der Waals surface area (Å²) in [4.78, 5) is 10.4. The number of carbonyl (C=O) groups is 1. The molecule has 4 nitrogen and oxygen atoms in total. The van der Waals surface area contributed by atoms with Crippen LogP contribution in [0.2, 0.25) is 0 Å². The Morgan fingerprint density at radius 3 is 2.80 bits per heavy atom. The largest absolute Gasteiger partial charge is 0.422 e. The molecule has 0 aromatic rings. The van der Waals surface area contributed by atoms with Gasteiger partial charge < -0.3 is 10.5 Å². The Kier molecular flexibility index (Phi) is 3.73. The molecule has 0 aromatic carbocycles. The molecule has 2 N–H and O–H groups in total. The zero-order valence-corrected chi connectivity index (χ0v) is 5.63. The van der Waals surface area contributed by atoms with Crippen molar-refractivity contribution in [1.82, 2.24) is 0 Å². The Hall–Kier alpha value is -1.50. The van der Waals surface area contributed by atoms with Crippen LogP contribution in [0.5, 0.6) is 0 Å². The highest BCUT2D eigenvalue weighted by Crippen LogP contribution is 1.92. The molecule has 54 valence electrons. The minimum absolute atomic E-state index is 0.0394. The molecule has 0 aromatic heterocycles. The van der Waals surface area contributed by atoms with Crippen molar-refractivity contribution in [3.05, 3.63) is 11.6 Å². The summed E-state index contributed by atoms with van der Waals surface area (Å²) in [7, 11) is 0. The number of carbonyl (C=O) groups excluding carboxylic acids is 1. The minimum atomic E-state index is -0.558. The van der Waals surface area contributed by atoms with E-state index in [1.807, 2.05) is 0 Å². The lowest BCUT2D eigenvalue weighted by molar-refractivity contribution is -0.114. The molecular weight excluding hydrogens is 132 g/mol. The van der Waals surface area contributed by atoms with E-state index in [1.165, 1.54) is 12.3 Å². The molecule has 0 rings (SSSR count). The van der Waals surface area contributed by atoms with E-state index >= 15 is 0 Å². The predicted octanol–water partition coefficient (Wildman–Crippen LogP) is -0.0843. The second kappa shape index (κ2) is 4.39. The summed E-state index contributed by atoms with van der Waals surface area (Å²) >= 11 is 0. The fourth-order valence-electron chi connectivity index (χ4n) is 0.407. The Labute approximate surface area is 58.9 Å². The highest BCUT2D eigenvalue weighted by atomic mass is 16.5. The van der Waals surface area contributed by atoms with Crippen LogP contribution in [0.1, 0.15) is 6.92 Å². The number of amides is 1. The monoisotopic (exact) mass is 140 g/mol. The molecule has 0 unspecified atom stereocenters. The predicted molar refractivity (Wildman–Crippen MR) is 34.5 cm³/mol. The van der Waals surface area contributed by atoms with Gasteiger partial charge in [0.25, 0.3) is 6.26 Å². The fraction of sp³-hybridized carbons (Fsp3) is 0.333. The second-order valence-electron chi connectivity index (χ2n) is 1.56. The van der Waals surface area contributed by atoms with Crippen LogP contribution in [0, 0.1) is 11.5 Å². The molecule has 1 amide bonds. The number of ether oxygens (including phenoxy) is 1. The molecule has 0 heterocycles. The van der Waals surface area contributed by atoms with Crippen molar-refractivity contribution in [3.8, 4) is 6.26 Å². The second-order valence-corrected chi connectivity index (χ2v) is 1.56. The number of hydrogen-bond acceptors (Lipinski definition) is 3. The molecule has 0 aliphatic rings. The molecule has 0 aliphatic carbocycles. The van der Waals surface area contributed by atoms with Crippen LogP contribution in [0.15, 0.2) is 11.6 Å². The zero-order valence-electron chi connectivity index (χ0n) is 5.63. The van der Waals surface area contributed by atoms with E-state index in [0.717, 1.165) is 0 Å². The molecule has 0 radical (unpaired) electrons. The molecule has 4 heteroatoms. The van der Waals surface area contributed by atoms with E-state index in [2.05, 4.69) is 4.74 Å². The van der Waals surface area contributed by atoms with E-state index in [9.17, 15) is 4.79 Å². The van der Waals surface area contributed by atoms with Crippen molar-refractivity contribution in [2.75, 3.05) is 6.61 Å². The van der Waals surface area contributed by atoms with Gasteiger partial charge >= 0.3 is 0 Å². The van der Waals surface area contributed by atoms with E-state index in [-0.39, 0.29) is 6.61 Å². The minimum Gasteiger partial charge on any atom is -0.422 e. The molecule has 0 atom stereocenters. The van der Waals surface area contributed by atoms with E-state index in [1.54, 1.807) is 6.92 Å². The molecule has 0 spiro atoms. The number of primary amides is 1. The van der Waals surface area contributed by atoms with Crippen molar-refractivity contribution in [1.29, 1.82) is 5.26 Å². The molecule has 0 fully saturated rings. The van der Waals surface area contributed by atoms with Crippen LogP contribution in [0.3, 0.4) is 0 Å². The Morgan fingerprint density at radius 2 is 2.50 bits per heavy atom. The summed E-state index contributed by atoms with van der Waals surface area (Å²) in [6.07, 6.45) is 2.95. The lowest BCUT2D eigenvalue weighted by Gasteiger charge is -1.96. The van der Waals surface area contributed by atoms with Crippen LogP contribution in [-0.2, 0) is 9.53 Å². The van der Waals surface area contributed by atoms with Gasteiger partial charge in [0, 0.05) is 0 Å². The summed E-state index contributed by atoms with van der Waals surface area (Å²) in [6.45, 7) is 1.61. The van der Waals surface area contributed by atoms with Crippen LogP contribution >= 0.6 is 0 Å². The van der Waals surface area contributed by atoms with Gasteiger partial charge in [-0.3, -0.25) is 4.79 Å². The van der Waals surface area contributed by atoms with E-state index in [0.29, 0.717) is 5.57 Å². The van der Waals surface area contributed by atoms with E-state index < -0.39 is 5.91 Å². The highest BCUT2D eigenvalue weighted by Gasteiger charge is 2.01. The third kappa shape index (κ3) is 2.72. The third-order valence-electron chi connectivity index (χ3n) is 0.957. The van der Waals surface area contributed by atoms with Gasteiger partial charge in [-0.1, -0.05) is 6.08 Å². The quantitative estimate of drug-likeness (QED) is 0.440. The van der Waals surface area contributed by atoms with Crippen LogP contribution in [0.4, 0.5) is 0 Å². The fourth-order valence-corrected chi connectivity index (χ4v) is 0.407. The Bertz CT molecular complexity index is 190.